The molecular weight excluding hydrogens is 333 g/mol. The fourth-order valence-corrected chi connectivity index (χ4v) is 3.07. The van der Waals surface area contributed by atoms with Gasteiger partial charge >= 0.3 is 6.03 Å². The highest BCUT2D eigenvalue weighted by molar-refractivity contribution is 8.00. The maximum atomic E-state index is 13.5. The van der Waals surface area contributed by atoms with Gasteiger partial charge in [-0.3, -0.25) is 14.5 Å². The summed E-state index contributed by atoms with van der Waals surface area (Å²) in [6.45, 7) is 5.20. The number of amides is 4. The molecule has 4 amide bonds. The zero-order chi connectivity index (χ0) is 17.9. The minimum atomic E-state index is -0.893. The predicted octanol–water partition coefficient (Wildman–Crippen LogP) is 2.22. The maximum Gasteiger partial charge on any atom is 0.325 e. The van der Waals surface area contributed by atoms with Gasteiger partial charge in [-0.05, 0) is 32.9 Å². The third-order valence-electron chi connectivity index (χ3n) is 3.63. The molecule has 1 saturated heterocycles. The van der Waals surface area contributed by atoms with Gasteiger partial charge in [0.15, 0.2) is 0 Å². The lowest BCUT2D eigenvalue weighted by Gasteiger charge is -2.17. The molecule has 2 N–H and O–H groups in total. The Bertz CT molecular complexity index is 666. The van der Waals surface area contributed by atoms with Crippen molar-refractivity contribution in [1.82, 2.24) is 10.2 Å². The summed E-state index contributed by atoms with van der Waals surface area (Å²) < 4.78 is 13.5. The number of anilines is 1. The second kappa shape index (κ2) is 7.21. The van der Waals surface area contributed by atoms with Crippen LogP contribution in [0.25, 0.3) is 0 Å². The maximum absolute atomic E-state index is 13.5. The summed E-state index contributed by atoms with van der Waals surface area (Å²) in [6.07, 6.45) is 0. The Kier molecular flexibility index (Phi) is 5.48. The molecule has 24 heavy (non-hydrogen) atoms. The Balaban J connectivity index is 1.82. The number of thioether (sulfide) groups is 1. The van der Waals surface area contributed by atoms with Crippen LogP contribution in [0.5, 0.6) is 0 Å². The summed E-state index contributed by atoms with van der Waals surface area (Å²) in [6, 6.07) is 5.51. The fraction of sp³-hybridized carbons (Fsp3) is 0.438. The van der Waals surface area contributed by atoms with Crippen molar-refractivity contribution in [3.63, 3.8) is 0 Å². The molecule has 1 fully saturated rings. The Morgan fingerprint density at radius 1 is 1.38 bits per heavy atom. The molecule has 1 aromatic rings. The van der Waals surface area contributed by atoms with Crippen molar-refractivity contribution < 1.29 is 18.8 Å². The van der Waals surface area contributed by atoms with Crippen LogP contribution in [0.2, 0.25) is 0 Å². The number of urea groups is 1. The molecule has 0 bridgehead atoms. The topological polar surface area (TPSA) is 78.5 Å². The zero-order valence-corrected chi connectivity index (χ0v) is 14.6. The molecule has 1 aliphatic rings. The molecule has 1 aromatic carbocycles. The van der Waals surface area contributed by atoms with Crippen LogP contribution in [0.1, 0.15) is 20.8 Å². The number of nitrogens with zero attached hydrogens (tertiary/aromatic N) is 1. The number of hydrogen-bond acceptors (Lipinski definition) is 4. The first-order valence-corrected chi connectivity index (χ1v) is 8.58. The summed E-state index contributed by atoms with van der Waals surface area (Å²) in [4.78, 5) is 37.0. The van der Waals surface area contributed by atoms with E-state index in [1.165, 1.54) is 23.9 Å². The number of rotatable bonds is 6. The minimum absolute atomic E-state index is 0.130. The van der Waals surface area contributed by atoms with Crippen LogP contribution >= 0.6 is 11.8 Å². The summed E-state index contributed by atoms with van der Waals surface area (Å²) in [5.41, 5.74) is -0.763. The van der Waals surface area contributed by atoms with Crippen LogP contribution in [0.15, 0.2) is 24.3 Å². The summed E-state index contributed by atoms with van der Waals surface area (Å²) in [5, 5.41) is 4.68. The first-order chi connectivity index (χ1) is 11.2. The highest BCUT2D eigenvalue weighted by Crippen LogP contribution is 2.20. The minimum Gasteiger partial charge on any atom is -0.324 e. The zero-order valence-electron chi connectivity index (χ0n) is 13.8. The smallest absolute Gasteiger partial charge is 0.324 e. The molecule has 8 heteroatoms. The van der Waals surface area contributed by atoms with Crippen LogP contribution in [-0.2, 0) is 9.59 Å². The van der Waals surface area contributed by atoms with E-state index in [-0.39, 0.29) is 24.0 Å². The van der Waals surface area contributed by atoms with E-state index < -0.39 is 22.6 Å². The highest BCUT2D eigenvalue weighted by Gasteiger charge is 2.43. The van der Waals surface area contributed by atoms with Gasteiger partial charge in [-0.15, -0.1) is 11.8 Å². The van der Waals surface area contributed by atoms with Gasteiger partial charge in [0, 0.05) is 12.3 Å². The van der Waals surface area contributed by atoms with Gasteiger partial charge in [0.05, 0.1) is 10.9 Å². The summed E-state index contributed by atoms with van der Waals surface area (Å²) in [5.74, 6) is -0.690. The Morgan fingerprint density at radius 2 is 2.04 bits per heavy atom. The van der Waals surface area contributed by atoms with Crippen LogP contribution in [0.4, 0.5) is 14.9 Å². The lowest BCUT2D eigenvalue weighted by atomic mass is 10.1. The van der Waals surface area contributed by atoms with Gasteiger partial charge in [-0.25, -0.2) is 9.18 Å². The van der Waals surface area contributed by atoms with Gasteiger partial charge in [-0.2, -0.15) is 0 Å². The number of hydrogen-bond donors (Lipinski definition) is 2. The Morgan fingerprint density at radius 3 is 2.62 bits per heavy atom. The average molecular weight is 353 g/mol. The number of imide groups is 1. The molecule has 1 atom stereocenters. The van der Waals surface area contributed by atoms with E-state index in [4.69, 9.17) is 0 Å². The number of benzene rings is 1. The standard InChI is InChI=1S/C16H20FN3O3S/c1-10(13(21)18-12-7-5-4-6-11(12)17)24-9-8-20-14(22)16(2,3)19-15(20)23/h4-7,10H,8-9H2,1-3H3,(H,18,21)(H,19,23). The third kappa shape index (κ3) is 4.05. The monoisotopic (exact) mass is 353 g/mol. The molecule has 0 radical (unpaired) electrons. The van der Waals surface area contributed by atoms with Gasteiger partial charge in [0.2, 0.25) is 5.91 Å². The van der Waals surface area contributed by atoms with E-state index in [0.717, 1.165) is 4.90 Å². The van der Waals surface area contributed by atoms with Crippen molar-refractivity contribution in [3.05, 3.63) is 30.1 Å². The highest BCUT2D eigenvalue weighted by atomic mass is 32.2. The van der Waals surface area contributed by atoms with E-state index in [1.807, 2.05) is 0 Å². The largest absolute Gasteiger partial charge is 0.325 e. The lowest BCUT2D eigenvalue weighted by Crippen LogP contribution is -2.40. The Hall–Kier alpha value is -2.09. The van der Waals surface area contributed by atoms with Crippen LogP contribution in [0.3, 0.4) is 0 Å². The van der Waals surface area contributed by atoms with Crippen molar-refractivity contribution in [3.8, 4) is 0 Å². The van der Waals surface area contributed by atoms with Crippen LogP contribution in [-0.4, -0.2) is 45.8 Å². The molecule has 0 spiro atoms. The summed E-state index contributed by atoms with van der Waals surface area (Å²) >= 11 is 1.29. The van der Waals surface area contributed by atoms with Gasteiger partial charge in [-0.1, -0.05) is 12.1 Å². The molecule has 1 heterocycles. The van der Waals surface area contributed by atoms with Crippen molar-refractivity contribution in [2.24, 2.45) is 0 Å². The van der Waals surface area contributed by atoms with Gasteiger partial charge in [0.1, 0.15) is 11.4 Å². The first-order valence-electron chi connectivity index (χ1n) is 7.53. The molecule has 0 aromatic heterocycles. The van der Waals surface area contributed by atoms with E-state index in [1.54, 1.807) is 32.9 Å². The average Bonchev–Trinajstić information content (AvgIpc) is 2.70. The fourth-order valence-electron chi connectivity index (χ4n) is 2.21. The summed E-state index contributed by atoms with van der Waals surface area (Å²) in [7, 11) is 0. The van der Waals surface area contributed by atoms with Gasteiger partial charge < -0.3 is 10.6 Å². The van der Waals surface area contributed by atoms with Crippen molar-refractivity contribution in [2.45, 2.75) is 31.6 Å². The number of para-hydroxylation sites is 1. The van der Waals surface area contributed by atoms with Crippen LogP contribution < -0.4 is 10.6 Å². The molecule has 6 nitrogen and oxygen atoms in total. The molecule has 2 rings (SSSR count). The number of carbonyl (C=O) groups is 3. The quantitative estimate of drug-likeness (QED) is 0.769. The number of nitrogens with one attached hydrogen (secondary N) is 2. The van der Waals surface area contributed by atoms with E-state index >= 15 is 0 Å². The molecule has 1 aliphatic heterocycles. The normalized spacial score (nSPS) is 17.6. The van der Waals surface area contributed by atoms with Crippen molar-refractivity contribution >= 4 is 35.3 Å². The van der Waals surface area contributed by atoms with E-state index in [2.05, 4.69) is 10.6 Å². The van der Waals surface area contributed by atoms with Gasteiger partial charge in [0.25, 0.3) is 5.91 Å². The second-order valence-electron chi connectivity index (χ2n) is 5.99. The van der Waals surface area contributed by atoms with E-state index in [0.29, 0.717) is 5.75 Å². The molecule has 0 aliphatic carbocycles. The Labute approximate surface area is 144 Å². The molecular formula is C16H20FN3O3S. The third-order valence-corrected chi connectivity index (χ3v) is 4.76. The first kappa shape index (κ1) is 18.3. The SMILES string of the molecule is CC(SCCN1C(=O)NC(C)(C)C1=O)C(=O)Nc1ccccc1F. The molecule has 0 saturated carbocycles. The second-order valence-corrected chi connectivity index (χ2v) is 7.44. The predicted molar refractivity (Wildman–Crippen MR) is 91.3 cm³/mol. The molecule has 1 unspecified atom stereocenters. The van der Waals surface area contributed by atoms with Crippen molar-refractivity contribution in [1.29, 1.82) is 0 Å². The van der Waals surface area contributed by atoms with Crippen molar-refractivity contribution in [2.75, 3.05) is 17.6 Å². The molecule has 130 valence electrons. The lowest BCUT2D eigenvalue weighted by molar-refractivity contribution is -0.130. The van der Waals surface area contributed by atoms with E-state index in [9.17, 15) is 18.8 Å². The number of halogens is 1. The number of carbonyl (C=O) groups excluding carboxylic acids is 3. The van der Waals surface area contributed by atoms with Crippen LogP contribution in [0, 0.1) is 5.82 Å².